The number of carbonyl (C=O) groups excluding carboxylic acids is 2. The Morgan fingerprint density at radius 2 is 1.08 bits per heavy atom. The van der Waals surface area contributed by atoms with Crippen molar-refractivity contribution >= 4 is 45.1 Å². The average molecular weight is 401 g/mol. The number of halogens is 2. The Labute approximate surface area is 153 Å². The van der Waals surface area contributed by atoms with Crippen LogP contribution in [0.25, 0.3) is 11.1 Å². The summed E-state index contributed by atoms with van der Waals surface area (Å²) in [5.74, 6) is -1.59. The van der Waals surface area contributed by atoms with Crippen LogP contribution in [0.5, 0.6) is 11.5 Å². The van der Waals surface area contributed by atoms with Crippen LogP contribution in [0.15, 0.2) is 24.3 Å². The monoisotopic (exact) mass is 400 g/mol. The van der Waals surface area contributed by atoms with E-state index in [0.29, 0.717) is 0 Å². The molecule has 0 fully saturated rings. The van der Waals surface area contributed by atoms with Gasteiger partial charge in [0.2, 0.25) is 0 Å². The molecule has 0 saturated carbocycles. The number of phenols is 2. The molecule has 0 saturated heterocycles. The topological polar surface area (TPSA) is 161 Å². The van der Waals surface area contributed by atoms with Crippen molar-refractivity contribution in [2.75, 3.05) is 0 Å². The third kappa shape index (κ3) is 3.15. The van der Waals surface area contributed by atoms with Crippen molar-refractivity contribution in [3.8, 4) is 22.6 Å². The van der Waals surface area contributed by atoms with E-state index >= 15 is 0 Å². The van der Waals surface area contributed by atoms with Crippen LogP contribution in [-0.4, -0.2) is 30.5 Å². The minimum atomic E-state index is -1.40. The van der Waals surface area contributed by atoms with E-state index in [1.807, 2.05) is 0 Å². The highest BCUT2D eigenvalue weighted by atomic mass is 35.5. The lowest BCUT2D eigenvalue weighted by molar-refractivity contribution is -0.385. The first-order valence-electron chi connectivity index (χ1n) is 6.48. The minimum absolute atomic E-state index is 0.732. The van der Waals surface area contributed by atoms with E-state index in [2.05, 4.69) is 0 Å². The summed E-state index contributed by atoms with van der Waals surface area (Å²) in [6.45, 7) is 0. The first-order valence-corrected chi connectivity index (χ1v) is 7.24. The fourth-order valence-corrected chi connectivity index (χ4v) is 2.75. The SMILES string of the molecule is O=C(Cl)c1c([N+](=O)[O-])ccc(O)c1-c1c(O)ccc([N+](=O)[O-])c1C(=O)Cl. The zero-order chi connectivity index (χ0) is 19.8. The zero-order valence-corrected chi connectivity index (χ0v) is 13.8. The standard InChI is InChI=1S/C14H6Cl2N2O8/c15-13(21)9-5(17(23)24)1-3-7(19)11(9)12-8(20)4-2-6(18(25)26)10(12)14(16)22/h1-4,19-20H. The molecule has 0 amide bonds. The van der Waals surface area contributed by atoms with Gasteiger partial charge in [-0.1, -0.05) is 0 Å². The second-order valence-electron chi connectivity index (χ2n) is 4.77. The fraction of sp³-hybridized carbons (Fsp3) is 0. The Bertz CT molecular complexity index is 910. The molecule has 10 nitrogen and oxygen atoms in total. The molecule has 0 heterocycles. The van der Waals surface area contributed by atoms with E-state index in [1.165, 1.54) is 0 Å². The highest BCUT2D eigenvalue weighted by Crippen LogP contribution is 2.46. The maximum Gasteiger partial charge on any atom is 0.282 e. The largest absolute Gasteiger partial charge is 0.507 e. The van der Waals surface area contributed by atoms with Crippen LogP contribution in [0.3, 0.4) is 0 Å². The molecule has 0 spiro atoms. The zero-order valence-electron chi connectivity index (χ0n) is 12.3. The molecule has 26 heavy (non-hydrogen) atoms. The molecule has 0 unspecified atom stereocenters. The van der Waals surface area contributed by atoms with Gasteiger partial charge in [0.1, 0.15) is 22.6 Å². The number of hydrogen-bond acceptors (Lipinski definition) is 8. The molecule has 0 aliphatic rings. The molecule has 134 valence electrons. The van der Waals surface area contributed by atoms with Gasteiger partial charge in [-0.25, -0.2) is 0 Å². The molecule has 0 atom stereocenters. The van der Waals surface area contributed by atoms with Crippen LogP contribution in [0, 0.1) is 20.2 Å². The van der Waals surface area contributed by atoms with Gasteiger partial charge in [0.15, 0.2) is 0 Å². The van der Waals surface area contributed by atoms with Gasteiger partial charge in [0.05, 0.1) is 9.85 Å². The predicted molar refractivity (Wildman–Crippen MR) is 88.9 cm³/mol. The molecule has 12 heteroatoms. The van der Waals surface area contributed by atoms with Crippen molar-refractivity contribution in [2.24, 2.45) is 0 Å². The first kappa shape index (κ1) is 19.1. The van der Waals surface area contributed by atoms with Crippen molar-refractivity contribution in [2.45, 2.75) is 0 Å². The highest BCUT2D eigenvalue weighted by molar-refractivity contribution is 6.70. The molecule has 0 aromatic heterocycles. The van der Waals surface area contributed by atoms with Gasteiger partial charge < -0.3 is 10.2 Å². The van der Waals surface area contributed by atoms with Gasteiger partial charge in [-0.05, 0) is 35.3 Å². The number of phenolic OH excluding ortho intramolecular Hbond substituents is 2. The Morgan fingerprint density at radius 1 is 0.769 bits per heavy atom. The van der Waals surface area contributed by atoms with E-state index in [1.54, 1.807) is 0 Å². The average Bonchev–Trinajstić information content (AvgIpc) is 2.53. The lowest BCUT2D eigenvalue weighted by Gasteiger charge is -2.14. The Hall–Kier alpha value is -3.24. The van der Waals surface area contributed by atoms with Crippen LogP contribution in [0.2, 0.25) is 0 Å². The summed E-state index contributed by atoms with van der Waals surface area (Å²) < 4.78 is 0. The number of aromatic hydroxyl groups is 2. The van der Waals surface area contributed by atoms with Crippen LogP contribution in [-0.2, 0) is 0 Å². The number of benzene rings is 2. The minimum Gasteiger partial charge on any atom is -0.507 e. The number of nitro groups is 2. The van der Waals surface area contributed by atoms with Crippen molar-refractivity contribution in [3.63, 3.8) is 0 Å². The van der Waals surface area contributed by atoms with Crippen LogP contribution in [0.4, 0.5) is 11.4 Å². The Kier molecular flexibility index (Phi) is 5.10. The van der Waals surface area contributed by atoms with Crippen LogP contribution in [0.1, 0.15) is 20.7 Å². The third-order valence-corrected chi connectivity index (χ3v) is 3.74. The smallest absolute Gasteiger partial charge is 0.282 e. The van der Waals surface area contributed by atoms with Crippen molar-refractivity contribution < 1.29 is 29.6 Å². The molecule has 0 radical (unpaired) electrons. The summed E-state index contributed by atoms with van der Waals surface area (Å²) in [6.07, 6.45) is 0. The molecule has 2 rings (SSSR count). The maximum atomic E-state index is 11.7. The van der Waals surface area contributed by atoms with E-state index in [0.717, 1.165) is 24.3 Å². The second kappa shape index (κ2) is 6.94. The lowest BCUT2D eigenvalue weighted by atomic mass is 9.92. The quantitative estimate of drug-likeness (QED) is 0.438. The van der Waals surface area contributed by atoms with Crippen LogP contribution >= 0.6 is 23.2 Å². The number of carbonyl (C=O) groups is 2. The lowest BCUT2D eigenvalue weighted by Crippen LogP contribution is -2.06. The van der Waals surface area contributed by atoms with Crippen molar-refractivity contribution in [1.29, 1.82) is 0 Å². The molecule has 2 N–H and O–H groups in total. The molecule has 0 aliphatic carbocycles. The first-order chi connectivity index (χ1) is 12.1. The van der Waals surface area contributed by atoms with E-state index in [4.69, 9.17) is 23.2 Å². The fourth-order valence-electron chi connectivity index (χ4n) is 2.37. The number of rotatable bonds is 5. The molecule has 0 aliphatic heterocycles. The van der Waals surface area contributed by atoms with Crippen molar-refractivity contribution in [1.82, 2.24) is 0 Å². The Balaban J connectivity index is 3.11. The van der Waals surface area contributed by atoms with Gasteiger partial charge in [-0.2, -0.15) is 0 Å². The maximum absolute atomic E-state index is 11.7. The summed E-state index contributed by atoms with van der Waals surface area (Å²) in [4.78, 5) is 43.8. The van der Waals surface area contributed by atoms with Crippen molar-refractivity contribution in [3.05, 3.63) is 55.6 Å². The summed E-state index contributed by atoms with van der Waals surface area (Å²) in [5, 5.41) is 39.7. The number of hydrogen-bond donors (Lipinski definition) is 2. The molecular formula is C14H6Cl2N2O8. The summed E-state index contributed by atoms with van der Waals surface area (Å²) >= 11 is 10.8. The summed E-state index contributed by atoms with van der Waals surface area (Å²) in [7, 11) is 0. The predicted octanol–water partition coefficient (Wildman–Crippen LogP) is 3.34. The van der Waals surface area contributed by atoms with Gasteiger partial charge in [0.25, 0.3) is 21.9 Å². The van der Waals surface area contributed by atoms with E-state index in [9.17, 15) is 40.0 Å². The Morgan fingerprint density at radius 3 is 1.31 bits per heavy atom. The molecular weight excluding hydrogens is 395 g/mol. The summed E-state index contributed by atoms with van der Waals surface area (Å²) in [5.41, 5.74) is -4.90. The molecule has 2 aromatic rings. The highest BCUT2D eigenvalue weighted by Gasteiger charge is 2.34. The third-order valence-electron chi connectivity index (χ3n) is 3.36. The van der Waals surface area contributed by atoms with E-state index in [-0.39, 0.29) is 0 Å². The molecule has 0 bridgehead atoms. The van der Waals surface area contributed by atoms with Crippen LogP contribution < -0.4 is 0 Å². The van der Waals surface area contributed by atoms with Gasteiger partial charge in [-0.15, -0.1) is 0 Å². The second-order valence-corrected chi connectivity index (χ2v) is 5.46. The van der Waals surface area contributed by atoms with E-state index < -0.39 is 65.5 Å². The molecule has 2 aromatic carbocycles. The van der Waals surface area contributed by atoms with Gasteiger partial charge in [-0.3, -0.25) is 29.8 Å². The number of nitro benzene ring substituents is 2. The van der Waals surface area contributed by atoms with Gasteiger partial charge >= 0.3 is 0 Å². The van der Waals surface area contributed by atoms with Gasteiger partial charge in [0, 0.05) is 23.3 Å². The normalized spacial score (nSPS) is 10.4. The number of nitrogens with zero attached hydrogens (tertiary/aromatic N) is 2. The summed E-state index contributed by atoms with van der Waals surface area (Å²) in [6, 6.07) is 3.14.